The van der Waals surface area contributed by atoms with E-state index in [1.54, 1.807) is 19.1 Å². The summed E-state index contributed by atoms with van der Waals surface area (Å²) in [6.07, 6.45) is -0.157. The second kappa shape index (κ2) is 8.10. The number of rotatable bonds is 7. The zero-order valence-electron chi connectivity index (χ0n) is 13.4. The fraction of sp³-hybridized carbons (Fsp3) is 0.222. The van der Waals surface area contributed by atoms with Gasteiger partial charge in [-0.05, 0) is 42.8 Å². The lowest BCUT2D eigenvalue weighted by Crippen LogP contribution is -2.13. The molecule has 0 fully saturated rings. The molecule has 0 amide bonds. The summed E-state index contributed by atoms with van der Waals surface area (Å²) in [5.41, 5.74) is 8.29. The van der Waals surface area contributed by atoms with Gasteiger partial charge in [0.25, 0.3) is 0 Å². The molecule has 0 aliphatic carbocycles. The van der Waals surface area contributed by atoms with Crippen LogP contribution >= 0.6 is 0 Å². The number of nitrogens with one attached hydrogen (secondary N) is 2. The van der Waals surface area contributed by atoms with Crippen molar-refractivity contribution in [3.8, 4) is 0 Å². The van der Waals surface area contributed by atoms with Gasteiger partial charge in [-0.15, -0.1) is 0 Å². The normalized spacial score (nSPS) is 10.2. The Morgan fingerprint density at radius 1 is 1.25 bits per heavy atom. The molecule has 0 unspecified atom stereocenters. The minimum Gasteiger partial charge on any atom is -0.466 e. The predicted octanol–water partition coefficient (Wildman–Crippen LogP) is 3.34. The first-order chi connectivity index (χ1) is 11.5. The maximum absolute atomic E-state index is 13.6. The Labute approximate surface area is 140 Å². The lowest BCUT2D eigenvalue weighted by atomic mass is 10.0. The number of nitrogen functional groups attached to an aromatic ring is 1. The van der Waals surface area contributed by atoms with E-state index in [-0.39, 0.29) is 18.7 Å². The Kier molecular flexibility index (Phi) is 5.89. The van der Waals surface area contributed by atoms with E-state index >= 15 is 0 Å². The number of carbonyl (C=O) groups is 1. The zero-order valence-corrected chi connectivity index (χ0v) is 13.4. The third-order valence-corrected chi connectivity index (χ3v) is 3.40. The smallest absolute Gasteiger partial charge is 0.311 e. The van der Waals surface area contributed by atoms with Gasteiger partial charge in [-0.1, -0.05) is 12.1 Å². The summed E-state index contributed by atoms with van der Waals surface area (Å²) in [6, 6.07) is 11.4. The van der Waals surface area contributed by atoms with Crippen molar-refractivity contribution in [1.29, 1.82) is 5.41 Å². The number of carbonyl (C=O) groups excluding carboxylic acids is 1. The van der Waals surface area contributed by atoms with Gasteiger partial charge in [0.2, 0.25) is 0 Å². The van der Waals surface area contributed by atoms with Gasteiger partial charge < -0.3 is 21.2 Å². The third-order valence-electron chi connectivity index (χ3n) is 3.40. The first-order valence-corrected chi connectivity index (χ1v) is 7.61. The number of anilines is 2. The van der Waals surface area contributed by atoms with Crippen LogP contribution in [0.25, 0.3) is 0 Å². The molecular formula is C18H20FN3O2. The van der Waals surface area contributed by atoms with Gasteiger partial charge in [-0.2, -0.15) is 0 Å². The lowest BCUT2D eigenvalue weighted by molar-refractivity contribution is -0.141. The van der Waals surface area contributed by atoms with Crippen molar-refractivity contribution in [3.63, 3.8) is 0 Å². The van der Waals surface area contributed by atoms with Crippen LogP contribution in [0.4, 0.5) is 15.8 Å². The van der Waals surface area contributed by atoms with Gasteiger partial charge in [0.1, 0.15) is 5.82 Å². The topological polar surface area (TPSA) is 88.2 Å². The van der Waals surface area contributed by atoms with Crippen molar-refractivity contribution in [2.75, 3.05) is 17.7 Å². The predicted molar refractivity (Wildman–Crippen MR) is 92.7 cm³/mol. The molecule has 0 saturated heterocycles. The maximum Gasteiger partial charge on any atom is 0.311 e. The van der Waals surface area contributed by atoms with E-state index in [2.05, 4.69) is 5.32 Å². The Morgan fingerprint density at radius 3 is 2.62 bits per heavy atom. The zero-order chi connectivity index (χ0) is 17.5. The first-order valence-electron chi connectivity index (χ1n) is 7.61. The molecular weight excluding hydrogens is 309 g/mol. The molecule has 2 aromatic carbocycles. The molecule has 4 N–H and O–H groups in total. The highest BCUT2D eigenvalue weighted by atomic mass is 19.1. The number of benzene rings is 2. The second-order valence-corrected chi connectivity index (χ2v) is 5.25. The highest BCUT2D eigenvalue weighted by Crippen LogP contribution is 2.20. The summed E-state index contributed by atoms with van der Waals surface area (Å²) in [4.78, 5) is 11.5. The number of hydrogen-bond acceptors (Lipinski definition) is 5. The molecule has 2 aromatic rings. The Balaban J connectivity index is 2.13. The van der Waals surface area contributed by atoms with Gasteiger partial charge in [0.15, 0.2) is 0 Å². The van der Waals surface area contributed by atoms with Crippen LogP contribution in [0.5, 0.6) is 0 Å². The van der Waals surface area contributed by atoms with Gasteiger partial charge in [-0.3, -0.25) is 4.79 Å². The van der Waals surface area contributed by atoms with Crippen LogP contribution < -0.4 is 11.1 Å². The SMILES string of the molecule is CCOC(=O)CC(=N)c1ccc(F)cc1NCc1ccc(N)cc1. The molecule has 0 radical (unpaired) electrons. The van der Waals surface area contributed by atoms with Crippen molar-refractivity contribution < 1.29 is 13.9 Å². The quantitative estimate of drug-likeness (QED) is 0.413. The van der Waals surface area contributed by atoms with Crippen LogP contribution in [-0.4, -0.2) is 18.3 Å². The van der Waals surface area contributed by atoms with Crippen molar-refractivity contribution >= 4 is 23.1 Å². The first kappa shape index (κ1) is 17.5. The molecule has 24 heavy (non-hydrogen) atoms. The van der Waals surface area contributed by atoms with Crippen molar-refractivity contribution in [2.24, 2.45) is 0 Å². The van der Waals surface area contributed by atoms with Crippen molar-refractivity contribution in [1.82, 2.24) is 0 Å². The standard InChI is InChI=1S/C18H20FN3O2/c1-2-24-18(23)10-16(21)15-8-5-13(19)9-17(15)22-11-12-3-6-14(20)7-4-12/h3-9,21-22H,2,10-11,20H2,1H3. The molecule has 0 spiro atoms. The van der Waals surface area contributed by atoms with Crippen LogP contribution in [-0.2, 0) is 16.1 Å². The second-order valence-electron chi connectivity index (χ2n) is 5.25. The van der Waals surface area contributed by atoms with Crippen molar-refractivity contribution in [3.05, 3.63) is 59.4 Å². The molecule has 6 heteroatoms. The van der Waals surface area contributed by atoms with Gasteiger partial charge >= 0.3 is 5.97 Å². The fourth-order valence-corrected chi connectivity index (χ4v) is 2.21. The van der Waals surface area contributed by atoms with E-state index in [0.717, 1.165) is 5.56 Å². The average Bonchev–Trinajstić information content (AvgIpc) is 2.54. The summed E-state index contributed by atoms with van der Waals surface area (Å²) in [5.74, 6) is -0.890. The Hall–Kier alpha value is -2.89. The highest BCUT2D eigenvalue weighted by molar-refractivity contribution is 6.10. The Bertz CT molecular complexity index is 730. The van der Waals surface area contributed by atoms with Gasteiger partial charge in [0.05, 0.1) is 18.7 Å². The van der Waals surface area contributed by atoms with Crippen LogP contribution in [0.2, 0.25) is 0 Å². The summed E-state index contributed by atoms with van der Waals surface area (Å²) in [5, 5.41) is 11.2. The summed E-state index contributed by atoms with van der Waals surface area (Å²) in [6.45, 7) is 2.42. The van der Waals surface area contributed by atoms with E-state index in [4.69, 9.17) is 15.9 Å². The monoisotopic (exact) mass is 329 g/mol. The minimum absolute atomic E-state index is 0.0771. The number of ether oxygens (including phenoxy) is 1. The summed E-state index contributed by atoms with van der Waals surface area (Å²) < 4.78 is 18.4. The third kappa shape index (κ3) is 4.81. The Morgan fingerprint density at radius 2 is 1.96 bits per heavy atom. The largest absolute Gasteiger partial charge is 0.466 e. The van der Waals surface area contributed by atoms with E-state index in [1.165, 1.54) is 18.2 Å². The molecule has 2 rings (SSSR count). The van der Waals surface area contributed by atoms with Crippen LogP contribution in [0.1, 0.15) is 24.5 Å². The van der Waals surface area contributed by atoms with Crippen LogP contribution in [0, 0.1) is 11.2 Å². The molecule has 0 saturated carbocycles. The molecule has 0 bridgehead atoms. The molecule has 0 heterocycles. The lowest BCUT2D eigenvalue weighted by Gasteiger charge is -2.13. The number of esters is 1. The maximum atomic E-state index is 13.6. The van der Waals surface area contributed by atoms with Crippen LogP contribution in [0.15, 0.2) is 42.5 Å². The van der Waals surface area contributed by atoms with E-state index < -0.39 is 11.8 Å². The number of nitrogens with two attached hydrogens (primary N) is 1. The minimum atomic E-state index is -0.476. The van der Waals surface area contributed by atoms with E-state index in [9.17, 15) is 9.18 Å². The molecule has 0 aliphatic heterocycles. The molecule has 126 valence electrons. The number of halogens is 1. The van der Waals surface area contributed by atoms with Crippen LogP contribution in [0.3, 0.4) is 0 Å². The summed E-state index contributed by atoms with van der Waals surface area (Å²) in [7, 11) is 0. The molecule has 0 aromatic heterocycles. The molecule has 0 aliphatic rings. The van der Waals surface area contributed by atoms with E-state index in [0.29, 0.717) is 23.5 Å². The van der Waals surface area contributed by atoms with Gasteiger partial charge in [-0.25, -0.2) is 4.39 Å². The fourth-order valence-electron chi connectivity index (χ4n) is 2.21. The van der Waals surface area contributed by atoms with Gasteiger partial charge in [0, 0.05) is 23.5 Å². The summed E-state index contributed by atoms with van der Waals surface area (Å²) >= 11 is 0. The molecule has 0 atom stereocenters. The number of hydrogen-bond donors (Lipinski definition) is 3. The van der Waals surface area contributed by atoms with E-state index in [1.807, 2.05) is 12.1 Å². The van der Waals surface area contributed by atoms with Crippen molar-refractivity contribution in [2.45, 2.75) is 19.9 Å². The highest BCUT2D eigenvalue weighted by Gasteiger charge is 2.13. The average molecular weight is 329 g/mol. The molecule has 5 nitrogen and oxygen atoms in total.